The zero-order chi connectivity index (χ0) is 12.4. The van der Waals surface area contributed by atoms with Crippen molar-refractivity contribution in [3.05, 3.63) is 44.0 Å². The molecule has 0 fully saturated rings. The van der Waals surface area contributed by atoms with E-state index in [9.17, 15) is 4.79 Å². The first kappa shape index (κ1) is 12.4. The summed E-state index contributed by atoms with van der Waals surface area (Å²) in [4.78, 5) is 12.4. The molecule has 0 atom stereocenters. The third-order valence-corrected chi connectivity index (χ3v) is 3.93. The lowest BCUT2D eigenvalue weighted by atomic mass is 10.3. The molecule has 0 aliphatic carbocycles. The highest BCUT2D eigenvalue weighted by Gasteiger charge is 2.12. The summed E-state index contributed by atoms with van der Waals surface area (Å²) >= 11 is 10.5. The van der Waals surface area contributed by atoms with Crippen molar-refractivity contribution in [2.75, 3.05) is 11.1 Å². The molecule has 1 aromatic heterocycles. The molecule has 1 aromatic carbocycles. The number of amides is 1. The van der Waals surface area contributed by atoms with Crippen LogP contribution in [0, 0.1) is 0 Å². The highest BCUT2D eigenvalue weighted by molar-refractivity contribution is 9.10. The van der Waals surface area contributed by atoms with E-state index < -0.39 is 0 Å². The highest BCUT2D eigenvalue weighted by Crippen LogP contribution is 2.27. The highest BCUT2D eigenvalue weighted by atomic mass is 79.9. The van der Waals surface area contributed by atoms with E-state index >= 15 is 0 Å². The molecule has 88 valence electrons. The zero-order valence-electron chi connectivity index (χ0n) is 8.54. The van der Waals surface area contributed by atoms with Gasteiger partial charge in [-0.05, 0) is 45.6 Å². The topological polar surface area (TPSA) is 55.1 Å². The van der Waals surface area contributed by atoms with E-state index in [1.54, 1.807) is 29.6 Å². The number of rotatable bonds is 2. The smallest absolute Gasteiger partial charge is 0.267 e. The lowest BCUT2D eigenvalue weighted by Crippen LogP contribution is -2.12. The number of anilines is 2. The fourth-order valence-electron chi connectivity index (χ4n) is 1.28. The Kier molecular flexibility index (Phi) is 3.71. The molecule has 2 aromatic rings. The first-order chi connectivity index (χ1) is 8.08. The van der Waals surface area contributed by atoms with Gasteiger partial charge in [-0.2, -0.15) is 0 Å². The molecule has 0 saturated heterocycles. The van der Waals surface area contributed by atoms with Crippen molar-refractivity contribution in [2.45, 2.75) is 0 Å². The van der Waals surface area contributed by atoms with Gasteiger partial charge in [-0.3, -0.25) is 4.79 Å². The fraction of sp³-hybridized carbons (Fsp3) is 0. The predicted molar refractivity (Wildman–Crippen MR) is 75.8 cm³/mol. The SMILES string of the molecule is Nc1ccsc1C(=O)Nc1cc(Cl)ccc1Br. The molecule has 0 saturated carbocycles. The normalized spacial score (nSPS) is 10.2. The maximum absolute atomic E-state index is 11.9. The van der Waals surface area contributed by atoms with Crippen LogP contribution < -0.4 is 11.1 Å². The van der Waals surface area contributed by atoms with E-state index in [1.165, 1.54) is 11.3 Å². The first-order valence-electron chi connectivity index (χ1n) is 4.67. The maximum Gasteiger partial charge on any atom is 0.267 e. The molecule has 1 heterocycles. The van der Waals surface area contributed by atoms with Gasteiger partial charge in [-0.1, -0.05) is 11.6 Å². The van der Waals surface area contributed by atoms with Crippen LogP contribution in [0.25, 0.3) is 0 Å². The lowest BCUT2D eigenvalue weighted by Gasteiger charge is -2.07. The number of carbonyl (C=O) groups excluding carboxylic acids is 1. The Morgan fingerprint density at radius 1 is 1.41 bits per heavy atom. The molecule has 6 heteroatoms. The molecule has 0 aliphatic heterocycles. The van der Waals surface area contributed by atoms with Crippen LogP contribution in [0.5, 0.6) is 0 Å². The van der Waals surface area contributed by atoms with E-state index in [0.717, 1.165) is 4.47 Å². The molecule has 0 spiro atoms. The third-order valence-electron chi connectivity index (χ3n) is 2.08. The lowest BCUT2D eigenvalue weighted by molar-refractivity contribution is 0.103. The van der Waals surface area contributed by atoms with Gasteiger partial charge in [0.1, 0.15) is 4.88 Å². The average Bonchev–Trinajstić information content (AvgIpc) is 2.70. The summed E-state index contributed by atoms with van der Waals surface area (Å²) in [6, 6.07) is 6.89. The molecular weight excluding hydrogens is 324 g/mol. The van der Waals surface area contributed by atoms with Crippen LogP contribution in [-0.4, -0.2) is 5.91 Å². The predicted octanol–water partition coefficient (Wildman–Crippen LogP) is 4.00. The standard InChI is InChI=1S/C11H8BrClN2OS/c12-7-2-1-6(13)5-9(7)15-11(16)10-8(14)3-4-17-10/h1-5H,14H2,(H,15,16). The van der Waals surface area contributed by atoms with Gasteiger partial charge >= 0.3 is 0 Å². The molecule has 0 radical (unpaired) electrons. The van der Waals surface area contributed by atoms with Gasteiger partial charge in [0.15, 0.2) is 0 Å². The van der Waals surface area contributed by atoms with Crippen LogP contribution >= 0.6 is 38.9 Å². The minimum absolute atomic E-state index is 0.236. The van der Waals surface area contributed by atoms with E-state index in [4.69, 9.17) is 17.3 Å². The van der Waals surface area contributed by atoms with Crippen LogP contribution in [0.2, 0.25) is 5.02 Å². The maximum atomic E-state index is 11.9. The van der Waals surface area contributed by atoms with E-state index in [2.05, 4.69) is 21.2 Å². The molecule has 0 unspecified atom stereocenters. The second kappa shape index (κ2) is 5.08. The molecule has 17 heavy (non-hydrogen) atoms. The van der Waals surface area contributed by atoms with Crippen molar-refractivity contribution in [3.63, 3.8) is 0 Å². The largest absolute Gasteiger partial charge is 0.397 e. The summed E-state index contributed by atoms with van der Waals surface area (Å²) < 4.78 is 0.769. The van der Waals surface area contributed by atoms with Crippen molar-refractivity contribution in [1.82, 2.24) is 0 Å². The number of carbonyl (C=O) groups is 1. The Morgan fingerprint density at radius 2 is 2.18 bits per heavy atom. The van der Waals surface area contributed by atoms with Crippen LogP contribution in [0.4, 0.5) is 11.4 Å². The monoisotopic (exact) mass is 330 g/mol. The van der Waals surface area contributed by atoms with Crippen molar-refractivity contribution in [1.29, 1.82) is 0 Å². The van der Waals surface area contributed by atoms with Gasteiger partial charge < -0.3 is 11.1 Å². The molecule has 2 rings (SSSR count). The Bertz CT molecular complexity index is 570. The third kappa shape index (κ3) is 2.80. The number of halogens is 2. The Labute approximate surface area is 116 Å². The summed E-state index contributed by atoms with van der Waals surface area (Å²) in [5.41, 5.74) is 6.77. The first-order valence-corrected chi connectivity index (χ1v) is 6.72. The number of nitrogen functional groups attached to an aromatic ring is 1. The van der Waals surface area contributed by atoms with E-state index in [1.807, 2.05) is 0 Å². The number of thiophene rings is 1. The van der Waals surface area contributed by atoms with Crippen molar-refractivity contribution in [2.24, 2.45) is 0 Å². The van der Waals surface area contributed by atoms with Crippen molar-refractivity contribution < 1.29 is 4.79 Å². The summed E-state index contributed by atoms with van der Waals surface area (Å²) in [7, 11) is 0. The number of hydrogen-bond acceptors (Lipinski definition) is 3. The van der Waals surface area contributed by atoms with Gasteiger partial charge in [0.05, 0.1) is 11.4 Å². The Balaban J connectivity index is 2.24. The molecule has 0 bridgehead atoms. The summed E-state index contributed by atoms with van der Waals surface area (Å²) in [6.45, 7) is 0. The molecule has 1 amide bonds. The van der Waals surface area contributed by atoms with Gasteiger partial charge in [0, 0.05) is 9.50 Å². The molecular formula is C11H8BrClN2OS. The Morgan fingerprint density at radius 3 is 2.82 bits per heavy atom. The summed E-state index contributed by atoms with van der Waals surface area (Å²) in [5.74, 6) is -0.236. The number of nitrogens with two attached hydrogens (primary N) is 1. The van der Waals surface area contributed by atoms with Crippen LogP contribution in [0.1, 0.15) is 9.67 Å². The summed E-state index contributed by atoms with van der Waals surface area (Å²) in [5, 5.41) is 5.09. The second-order valence-corrected chi connectivity index (χ2v) is 5.49. The van der Waals surface area contributed by atoms with E-state index in [0.29, 0.717) is 21.3 Å². The second-order valence-electron chi connectivity index (χ2n) is 3.28. The minimum atomic E-state index is -0.236. The minimum Gasteiger partial charge on any atom is -0.397 e. The van der Waals surface area contributed by atoms with Crippen molar-refractivity contribution >= 4 is 56.1 Å². The van der Waals surface area contributed by atoms with Gasteiger partial charge in [0.2, 0.25) is 0 Å². The molecule has 3 nitrogen and oxygen atoms in total. The van der Waals surface area contributed by atoms with Crippen LogP contribution in [0.15, 0.2) is 34.1 Å². The fourth-order valence-corrected chi connectivity index (χ4v) is 2.51. The van der Waals surface area contributed by atoms with E-state index in [-0.39, 0.29) is 5.91 Å². The number of hydrogen-bond donors (Lipinski definition) is 2. The quantitative estimate of drug-likeness (QED) is 0.874. The Hall–Kier alpha value is -1.04. The molecule has 0 aliphatic rings. The van der Waals surface area contributed by atoms with Gasteiger partial charge in [-0.25, -0.2) is 0 Å². The summed E-state index contributed by atoms with van der Waals surface area (Å²) in [6.07, 6.45) is 0. The molecule has 3 N–H and O–H groups in total. The number of nitrogens with one attached hydrogen (secondary N) is 1. The van der Waals surface area contributed by atoms with Crippen molar-refractivity contribution in [3.8, 4) is 0 Å². The number of benzene rings is 1. The van der Waals surface area contributed by atoms with Gasteiger partial charge in [0.25, 0.3) is 5.91 Å². The average molecular weight is 332 g/mol. The zero-order valence-corrected chi connectivity index (χ0v) is 11.7. The van der Waals surface area contributed by atoms with Crippen LogP contribution in [0.3, 0.4) is 0 Å². The van der Waals surface area contributed by atoms with Gasteiger partial charge in [-0.15, -0.1) is 11.3 Å². The van der Waals surface area contributed by atoms with Crippen LogP contribution in [-0.2, 0) is 0 Å².